The lowest BCUT2D eigenvalue weighted by Gasteiger charge is -2.32. The average Bonchev–Trinajstić information content (AvgIpc) is 2.49. The fourth-order valence-electron chi connectivity index (χ4n) is 3.72. The maximum atomic E-state index is 6.11. The first-order valence-electron chi connectivity index (χ1n) is 8.65. The highest BCUT2D eigenvalue weighted by atomic mass is 16.5. The fraction of sp³-hybridized carbons (Fsp3) is 1.00. The lowest BCUT2D eigenvalue weighted by Crippen LogP contribution is -2.37. The van der Waals surface area contributed by atoms with Crippen molar-refractivity contribution in [2.75, 3.05) is 26.2 Å². The molecule has 0 N–H and O–H groups in total. The SMILES string of the molecule is CCC1CCC(CCOC2CCN(CC)CC2)CC1. The highest BCUT2D eigenvalue weighted by molar-refractivity contribution is 4.74. The molecule has 0 spiro atoms. The second kappa shape index (κ2) is 8.26. The molecule has 1 aliphatic heterocycles. The van der Waals surface area contributed by atoms with Crippen LogP contribution >= 0.6 is 0 Å². The normalized spacial score (nSPS) is 30.6. The average molecular weight is 267 g/mol. The predicted molar refractivity (Wildman–Crippen MR) is 81.4 cm³/mol. The molecule has 2 aliphatic rings. The number of nitrogens with zero attached hydrogens (tertiary/aromatic N) is 1. The van der Waals surface area contributed by atoms with Gasteiger partial charge in [0.15, 0.2) is 0 Å². The van der Waals surface area contributed by atoms with Gasteiger partial charge in [0.05, 0.1) is 6.10 Å². The van der Waals surface area contributed by atoms with E-state index in [9.17, 15) is 0 Å². The van der Waals surface area contributed by atoms with E-state index in [0.29, 0.717) is 6.10 Å². The van der Waals surface area contributed by atoms with Crippen LogP contribution in [-0.2, 0) is 4.74 Å². The van der Waals surface area contributed by atoms with Gasteiger partial charge in [0, 0.05) is 19.7 Å². The molecule has 0 amide bonds. The molecular weight excluding hydrogens is 234 g/mol. The summed E-state index contributed by atoms with van der Waals surface area (Å²) in [5, 5.41) is 0. The molecule has 0 aromatic rings. The zero-order chi connectivity index (χ0) is 13.5. The molecule has 0 bridgehead atoms. The Morgan fingerprint density at radius 1 is 0.895 bits per heavy atom. The van der Waals surface area contributed by atoms with Crippen molar-refractivity contribution in [3.05, 3.63) is 0 Å². The summed E-state index contributed by atoms with van der Waals surface area (Å²) in [7, 11) is 0. The Kier molecular flexibility index (Phi) is 6.66. The number of hydrogen-bond donors (Lipinski definition) is 0. The maximum Gasteiger partial charge on any atom is 0.0599 e. The van der Waals surface area contributed by atoms with Crippen LogP contribution in [0.2, 0.25) is 0 Å². The minimum Gasteiger partial charge on any atom is -0.378 e. The van der Waals surface area contributed by atoms with Gasteiger partial charge in [-0.15, -0.1) is 0 Å². The number of piperidine rings is 1. The van der Waals surface area contributed by atoms with Crippen LogP contribution in [0.1, 0.15) is 65.2 Å². The van der Waals surface area contributed by atoms with Gasteiger partial charge < -0.3 is 9.64 Å². The van der Waals surface area contributed by atoms with Crippen molar-refractivity contribution in [3.63, 3.8) is 0 Å². The molecule has 1 saturated carbocycles. The van der Waals surface area contributed by atoms with Crippen LogP contribution < -0.4 is 0 Å². The molecule has 0 aromatic heterocycles. The van der Waals surface area contributed by atoms with Crippen molar-refractivity contribution in [2.24, 2.45) is 11.8 Å². The van der Waals surface area contributed by atoms with Gasteiger partial charge in [0.25, 0.3) is 0 Å². The quantitative estimate of drug-likeness (QED) is 0.718. The largest absolute Gasteiger partial charge is 0.378 e. The van der Waals surface area contributed by atoms with Gasteiger partial charge in [-0.1, -0.05) is 46.0 Å². The smallest absolute Gasteiger partial charge is 0.0599 e. The second-order valence-corrected chi connectivity index (χ2v) is 6.59. The van der Waals surface area contributed by atoms with Gasteiger partial charge in [-0.25, -0.2) is 0 Å². The summed E-state index contributed by atoms with van der Waals surface area (Å²) in [6.07, 6.45) is 11.6. The summed E-state index contributed by atoms with van der Waals surface area (Å²) < 4.78 is 6.11. The Bertz CT molecular complexity index is 203. The topological polar surface area (TPSA) is 12.5 Å². The molecule has 0 atom stereocenters. The van der Waals surface area contributed by atoms with E-state index in [0.717, 1.165) is 18.4 Å². The van der Waals surface area contributed by atoms with E-state index in [1.165, 1.54) is 71.0 Å². The summed E-state index contributed by atoms with van der Waals surface area (Å²) in [6, 6.07) is 0. The number of hydrogen-bond acceptors (Lipinski definition) is 2. The van der Waals surface area contributed by atoms with Crippen LogP contribution in [0.4, 0.5) is 0 Å². The van der Waals surface area contributed by atoms with E-state index in [-0.39, 0.29) is 0 Å². The molecule has 0 unspecified atom stereocenters. The van der Waals surface area contributed by atoms with Crippen molar-refractivity contribution in [2.45, 2.75) is 71.3 Å². The van der Waals surface area contributed by atoms with Gasteiger partial charge in [0.2, 0.25) is 0 Å². The molecule has 1 aliphatic carbocycles. The zero-order valence-corrected chi connectivity index (χ0v) is 13.1. The van der Waals surface area contributed by atoms with E-state index < -0.39 is 0 Å². The lowest BCUT2D eigenvalue weighted by atomic mass is 9.80. The molecule has 1 saturated heterocycles. The lowest BCUT2D eigenvalue weighted by molar-refractivity contribution is 0.000595. The van der Waals surface area contributed by atoms with Gasteiger partial charge in [-0.2, -0.15) is 0 Å². The van der Waals surface area contributed by atoms with Crippen LogP contribution in [0.25, 0.3) is 0 Å². The van der Waals surface area contributed by atoms with E-state index in [4.69, 9.17) is 4.74 Å². The van der Waals surface area contributed by atoms with Crippen molar-refractivity contribution >= 4 is 0 Å². The monoisotopic (exact) mass is 267 g/mol. The minimum absolute atomic E-state index is 0.551. The van der Waals surface area contributed by atoms with Gasteiger partial charge >= 0.3 is 0 Å². The second-order valence-electron chi connectivity index (χ2n) is 6.59. The Hall–Kier alpha value is -0.0800. The third-order valence-corrected chi connectivity index (χ3v) is 5.41. The third-order valence-electron chi connectivity index (χ3n) is 5.41. The first-order chi connectivity index (χ1) is 9.31. The van der Waals surface area contributed by atoms with Gasteiger partial charge in [0.1, 0.15) is 0 Å². The highest BCUT2D eigenvalue weighted by Crippen LogP contribution is 2.32. The summed E-state index contributed by atoms with van der Waals surface area (Å²) in [5.74, 6) is 1.98. The van der Waals surface area contributed by atoms with Crippen molar-refractivity contribution in [3.8, 4) is 0 Å². The third kappa shape index (κ3) is 5.07. The molecule has 2 rings (SSSR count). The van der Waals surface area contributed by atoms with Crippen molar-refractivity contribution in [1.29, 1.82) is 0 Å². The molecule has 1 heterocycles. The molecular formula is C17H33NO. The van der Waals surface area contributed by atoms with Crippen LogP contribution in [-0.4, -0.2) is 37.2 Å². The summed E-state index contributed by atoms with van der Waals surface area (Å²) in [5.41, 5.74) is 0. The number of rotatable bonds is 6. The summed E-state index contributed by atoms with van der Waals surface area (Å²) >= 11 is 0. The molecule has 19 heavy (non-hydrogen) atoms. The minimum atomic E-state index is 0.551. The van der Waals surface area contributed by atoms with Crippen LogP contribution in [0.3, 0.4) is 0 Å². The number of likely N-dealkylation sites (tertiary alicyclic amines) is 1. The van der Waals surface area contributed by atoms with Gasteiger partial charge in [-0.05, 0) is 37.6 Å². The van der Waals surface area contributed by atoms with Crippen molar-refractivity contribution < 1.29 is 4.74 Å². The van der Waals surface area contributed by atoms with E-state index in [1.54, 1.807) is 0 Å². The first-order valence-corrected chi connectivity index (χ1v) is 8.65. The first kappa shape index (κ1) is 15.3. The van der Waals surface area contributed by atoms with Gasteiger partial charge in [-0.3, -0.25) is 0 Å². The maximum absolute atomic E-state index is 6.11. The van der Waals surface area contributed by atoms with E-state index in [2.05, 4.69) is 18.7 Å². The molecule has 0 aromatic carbocycles. The molecule has 2 nitrogen and oxygen atoms in total. The predicted octanol–water partition coefficient (Wildman–Crippen LogP) is 4.09. The van der Waals surface area contributed by atoms with E-state index >= 15 is 0 Å². The Morgan fingerprint density at radius 2 is 1.53 bits per heavy atom. The van der Waals surface area contributed by atoms with E-state index in [1.807, 2.05) is 0 Å². The fourth-order valence-corrected chi connectivity index (χ4v) is 3.72. The Labute approximate surface area is 119 Å². The molecule has 2 heteroatoms. The standard InChI is InChI=1S/C17H33NO/c1-3-15-5-7-16(8-6-15)11-14-19-17-9-12-18(4-2)13-10-17/h15-17H,3-14H2,1-2H3. The molecule has 2 fully saturated rings. The van der Waals surface area contributed by atoms with Crippen LogP contribution in [0, 0.1) is 11.8 Å². The Balaban J connectivity index is 1.53. The number of ether oxygens (including phenoxy) is 1. The van der Waals surface area contributed by atoms with Crippen LogP contribution in [0.15, 0.2) is 0 Å². The summed E-state index contributed by atoms with van der Waals surface area (Å²) in [4.78, 5) is 2.53. The molecule has 112 valence electrons. The van der Waals surface area contributed by atoms with Crippen LogP contribution in [0.5, 0.6) is 0 Å². The summed E-state index contributed by atoms with van der Waals surface area (Å²) in [6.45, 7) is 9.29. The molecule has 0 radical (unpaired) electrons. The van der Waals surface area contributed by atoms with Crippen molar-refractivity contribution in [1.82, 2.24) is 4.90 Å². The highest BCUT2D eigenvalue weighted by Gasteiger charge is 2.21. The zero-order valence-electron chi connectivity index (χ0n) is 13.1. The Morgan fingerprint density at radius 3 is 2.11 bits per heavy atom.